The van der Waals surface area contributed by atoms with Crippen LogP contribution >= 0.6 is 0 Å². The third-order valence-corrected chi connectivity index (χ3v) is 3.12. The lowest BCUT2D eigenvalue weighted by Crippen LogP contribution is -2.32. The Labute approximate surface area is 108 Å². The maximum Gasteiger partial charge on any atom is 0.0847 e. The highest BCUT2D eigenvalue weighted by molar-refractivity contribution is 5.58. The van der Waals surface area contributed by atoms with Crippen LogP contribution < -0.4 is 5.32 Å². The number of aliphatic imine (C=N–C) groups is 2. The van der Waals surface area contributed by atoms with Crippen LogP contribution in [0, 0.1) is 0 Å². The Bertz CT molecular complexity index is 416. The van der Waals surface area contributed by atoms with Gasteiger partial charge in [-0.3, -0.25) is 9.98 Å². The van der Waals surface area contributed by atoms with Crippen LogP contribution in [0.15, 0.2) is 34.3 Å². The van der Waals surface area contributed by atoms with Crippen LogP contribution in [0.1, 0.15) is 17.0 Å². The largest absolute Gasteiger partial charge is 0.375 e. The van der Waals surface area contributed by atoms with Gasteiger partial charge in [0.2, 0.25) is 0 Å². The van der Waals surface area contributed by atoms with Crippen molar-refractivity contribution in [2.45, 2.75) is 5.92 Å². The van der Waals surface area contributed by atoms with E-state index in [1.165, 1.54) is 11.1 Å². The van der Waals surface area contributed by atoms with Crippen LogP contribution in [0.4, 0.5) is 0 Å². The van der Waals surface area contributed by atoms with Crippen molar-refractivity contribution in [2.24, 2.45) is 9.98 Å². The normalized spacial score (nSPS) is 14.1. The SMILES string of the molecule is C/N=C/NCCN(/C=N/C)CC1c2ccccc21. The van der Waals surface area contributed by atoms with Crippen molar-refractivity contribution in [3.8, 4) is 0 Å². The third kappa shape index (κ3) is 3.09. The summed E-state index contributed by atoms with van der Waals surface area (Å²) in [5, 5.41) is 3.14. The molecule has 1 aromatic rings. The smallest absolute Gasteiger partial charge is 0.0847 e. The fraction of sp³-hybridized carbons (Fsp3) is 0.429. The van der Waals surface area contributed by atoms with E-state index in [4.69, 9.17) is 0 Å². The highest BCUT2D eigenvalue weighted by atomic mass is 15.2. The minimum absolute atomic E-state index is 0.595. The Balaban J connectivity index is 1.81. The van der Waals surface area contributed by atoms with Gasteiger partial charge in [-0.2, -0.15) is 0 Å². The van der Waals surface area contributed by atoms with Gasteiger partial charge in [0.15, 0.2) is 0 Å². The molecule has 0 saturated carbocycles. The van der Waals surface area contributed by atoms with E-state index >= 15 is 0 Å². The molecular weight excluding hydrogens is 224 g/mol. The summed E-state index contributed by atoms with van der Waals surface area (Å²) in [5.41, 5.74) is 2.96. The van der Waals surface area contributed by atoms with Crippen molar-refractivity contribution in [1.29, 1.82) is 0 Å². The van der Waals surface area contributed by atoms with Gasteiger partial charge in [0.05, 0.1) is 12.7 Å². The van der Waals surface area contributed by atoms with E-state index in [2.05, 4.69) is 44.5 Å². The van der Waals surface area contributed by atoms with Gasteiger partial charge in [0.1, 0.15) is 0 Å². The molecule has 0 atom stereocenters. The highest BCUT2D eigenvalue weighted by Gasteiger charge is 2.32. The second kappa shape index (κ2) is 6.19. The van der Waals surface area contributed by atoms with Gasteiger partial charge in [0, 0.05) is 39.6 Å². The van der Waals surface area contributed by atoms with E-state index in [1.54, 1.807) is 13.4 Å². The minimum atomic E-state index is 0.595. The first-order valence-corrected chi connectivity index (χ1v) is 6.26. The van der Waals surface area contributed by atoms with E-state index in [0.717, 1.165) is 19.6 Å². The Morgan fingerprint density at radius 3 is 2.56 bits per heavy atom. The van der Waals surface area contributed by atoms with Crippen LogP contribution in [0.2, 0.25) is 0 Å². The van der Waals surface area contributed by atoms with Crippen LogP contribution in [-0.4, -0.2) is 51.3 Å². The summed E-state index contributed by atoms with van der Waals surface area (Å²) in [6.07, 6.45) is 3.65. The molecule has 96 valence electrons. The number of rotatable bonds is 7. The molecule has 1 N–H and O–H groups in total. The number of hydrogen-bond acceptors (Lipinski definition) is 2. The summed E-state index contributed by atoms with van der Waals surface area (Å²) in [5.74, 6) is 0.595. The minimum Gasteiger partial charge on any atom is -0.375 e. The standard InChI is InChI=1S/C14H20N4/c1-15-10-17-7-8-18(11-16-2)9-14-12-5-3-4-6-13(12)14/h3-6,10-11,14H,7-9H2,1-2H3,(H,15,17)/b16-11+. The molecule has 0 fully saturated rings. The number of fused-ring (bicyclic) bond motifs is 1. The lowest BCUT2D eigenvalue weighted by atomic mass is 10.3. The summed E-state index contributed by atoms with van der Waals surface area (Å²) < 4.78 is 0. The van der Waals surface area contributed by atoms with Crippen LogP contribution in [0.3, 0.4) is 0 Å². The van der Waals surface area contributed by atoms with Gasteiger partial charge >= 0.3 is 0 Å². The van der Waals surface area contributed by atoms with E-state index in [1.807, 2.05) is 13.4 Å². The molecule has 0 heterocycles. The zero-order valence-electron chi connectivity index (χ0n) is 11.0. The fourth-order valence-corrected chi connectivity index (χ4v) is 2.21. The molecule has 18 heavy (non-hydrogen) atoms. The predicted molar refractivity (Wildman–Crippen MR) is 76.7 cm³/mol. The van der Waals surface area contributed by atoms with Gasteiger partial charge in [-0.15, -0.1) is 0 Å². The summed E-state index contributed by atoms with van der Waals surface area (Å²) in [4.78, 5) is 10.3. The second-order valence-corrected chi connectivity index (χ2v) is 4.39. The Hall–Kier alpha value is -1.84. The average Bonchev–Trinajstić information content (AvgIpc) is 3.08. The first kappa shape index (κ1) is 12.6. The first-order valence-electron chi connectivity index (χ1n) is 6.26. The van der Waals surface area contributed by atoms with Crippen molar-refractivity contribution < 1.29 is 0 Å². The molecule has 0 aromatic heterocycles. The molecule has 4 heteroatoms. The third-order valence-electron chi connectivity index (χ3n) is 3.12. The monoisotopic (exact) mass is 244 g/mol. The zero-order valence-corrected chi connectivity index (χ0v) is 11.0. The predicted octanol–water partition coefficient (Wildman–Crippen LogP) is 1.34. The van der Waals surface area contributed by atoms with E-state index < -0.39 is 0 Å². The summed E-state index contributed by atoms with van der Waals surface area (Å²) >= 11 is 0. The molecule has 0 saturated heterocycles. The van der Waals surface area contributed by atoms with E-state index in [-0.39, 0.29) is 0 Å². The molecule has 1 aromatic carbocycles. The highest BCUT2D eigenvalue weighted by Crippen LogP contribution is 2.42. The molecule has 0 aliphatic heterocycles. The molecule has 4 nitrogen and oxygen atoms in total. The zero-order chi connectivity index (χ0) is 12.8. The molecule has 0 radical (unpaired) electrons. The Morgan fingerprint density at radius 1 is 1.22 bits per heavy atom. The van der Waals surface area contributed by atoms with Crippen LogP contribution in [0.25, 0.3) is 0 Å². The number of nitrogens with zero attached hydrogens (tertiary/aromatic N) is 3. The summed E-state index contributed by atoms with van der Waals surface area (Å²) in [6, 6.07) is 8.64. The van der Waals surface area contributed by atoms with E-state index in [9.17, 15) is 0 Å². The van der Waals surface area contributed by atoms with Crippen molar-refractivity contribution >= 4 is 12.7 Å². The Morgan fingerprint density at radius 2 is 1.94 bits per heavy atom. The number of benzene rings is 1. The van der Waals surface area contributed by atoms with Gasteiger partial charge < -0.3 is 10.2 Å². The Kier molecular flexibility index (Phi) is 4.34. The second-order valence-electron chi connectivity index (χ2n) is 4.39. The lowest BCUT2D eigenvalue weighted by molar-refractivity contribution is 0.433. The fourth-order valence-electron chi connectivity index (χ4n) is 2.21. The number of hydrogen-bond donors (Lipinski definition) is 1. The molecule has 1 aliphatic carbocycles. The maximum absolute atomic E-state index is 4.12. The average molecular weight is 244 g/mol. The van der Waals surface area contributed by atoms with Crippen LogP contribution in [-0.2, 0) is 0 Å². The van der Waals surface area contributed by atoms with E-state index in [0.29, 0.717) is 5.92 Å². The maximum atomic E-state index is 4.12. The molecule has 0 spiro atoms. The molecule has 0 amide bonds. The molecular formula is C14H20N4. The van der Waals surface area contributed by atoms with Gasteiger partial charge in [0.25, 0.3) is 0 Å². The van der Waals surface area contributed by atoms with Crippen molar-refractivity contribution in [3.63, 3.8) is 0 Å². The molecule has 1 aliphatic rings. The topological polar surface area (TPSA) is 40.0 Å². The number of nitrogens with one attached hydrogen (secondary N) is 1. The van der Waals surface area contributed by atoms with Gasteiger partial charge in [-0.25, -0.2) is 0 Å². The first-order chi connectivity index (χ1) is 8.86. The van der Waals surface area contributed by atoms with Crippen molar-refractivity contribution in [1.82, 2.24) is 10.2 Å². The van der Waals surface area contributed by atoms with Gasteiger partial charge in [-0.05, 0) is 11.1 Å². The molecule has 2 rings (SSSR count). The summed E-state index contributed by atoms with van der Waals surface area (Å²) in [6.45, 7) is 2.84. The molecule has 0 bridgehead atoms. The van der Waals surface area contributed by atoms with Gasteiger partial charge in [-0.1, -0.05) is 24.3 Å². The summed E-state index contributed by atoms with van der Waals surface area (Å²) in [7, 11) is 3.58. The van der Waals surface area contributed by atoms with Crippen molar-refractivity contribution in [2.75, 3.05) is 33.7 Å². The van der Waals surface area contributed by atoms with Crippen LogP contribution in [0.5, 0.6) is 0 Å². The van der Waals surface area contributed by atoms with Crippen molar-refractivity contribution in [3.05, 3.63) is 35.4 Å². The lowest BCUT2D eigenvalue weighted by Gasteiger charge is -2.19. The molecule has 0 unspecified atom stereocenters. The quantitative estimate of drug-likeness (QED) is 0.447.